The van der Waals surface area contributed by atoms with Gasteiger partial charge in [0.2, 0.25) is 11.8 Å². The van der Waals surface area contributed by atoms with Crippen LogP contribution < -0.4 is 5.32 Å². The fourth-order valence-electron chi connectivity index (χ4n) is 6.27. The van der Waals surface area contributed by atoms with Crippen LogP contribution in [0, 0.1) is 11.7 Å². The molecule has 2 saturated heterocycles. The summed E-state index contributed by atoms with van der Waals surface area (Å²) in [6.45, 7) is -0.985. The summed E-state index contributed by atoms with van der Waals surface area (Å²) in [5, 5.41) is 3.29. The number of likely N-dealkylation sites (tertiary alicyclic amines) is 1. The van der Waals surface area contributed by atoms with E-state index in [1.54, 1.807) is 30.5 Å². The third kappa shape index (κ3) is 4.90. The van der Waals surface area contributed by atoms with Gasteiger partial charge in [0.15, 0.2) is 5.82 Å². The van der Waals surface area contributed by atoms with Crippen molar-refractivity contribution in [1.29, 1.82) is 0 Å². The van der Waals surface area contributed by atoms with Gasteiger partial charge in [-0.2, -0.15) is 0 Å². The van der Waals surface area contributed by atoms with Gasteiger partial charge in [-0.25, -0.2) is 31.9 Å². The van der Waals surface area contributed by atoms with Crippen molar-refractivity contribution in [2.75, 3.05) is 31.6 Å². The van der Waals surface area contributed by atoms with Crippen molar-refractivity contribution in [2.45, 2.75) is 61.8 Å². The molecule has 0 bridgehead atoms. The molecule has 1 atom stereocenters. The fraction of sp³-hybridized carbons (Fsp3) is 0.536. The molecule has 3 fully saturated rings. The molecule has 40 heavy (non-hydrogen) atoms. The minimum absolute atomic E-state index is 0.00839. The van der Waals surface area contributed by atoms with Gasteiger partial charge in [0, 0.05) is 37.8 Å². The van der Waals surface area contributed by atoms with E-state index in [-0.39, 0.29) is 68.7 Å². The number of carbonyl (C=O) groups excluding carboxylic acids is 1. The SMILES string of the molecule is O=C(N1CC(F)(F)C1)C1(c2ccc3[nH]c([C@@H](Nc4ccccn4)C4CCC(F)(F)CC4)nc3c2F)CCOCC1. The summed E-state index contributed by atoms with van der Waals surface area (Å²) in [7, 11) is 0. The lowest BCUT2D eigenvalue weighted by Crippen LogP contribution is -2.63. The summed E-state index contributed by atoms with van der Waals surface area (Å²) in [5.74, 6) is -6.19. The summed E-state index contributed by atoms with van der Waals surface area (Å²) in [6, 6.07) is 7.92. The first-order valence-electron chi connectivity index (χ1n) is 13.6. The number of amides is 1. The molecule has 3 aliphatic rings. The zero-order valence-electron chi connectivity index (χ0n) is 21.7. The van der Waals surface area contributed by atoms with Gasteiger partial charge < -0.3 is 19.9 Å². The predicted octanol–water partition coefficient (Wildman–Crippen LogP) is 5.60. The molecule has 1 aliphatic carbocycles. The number of hydrogen-bond acceptors (Lipinski definition) is 5. The molecule has 2 aromatic heterocycles. The number of carbonyl (C=O) groups is 1. The number of aromatic amines is 1. The molecule has 214 valence electrons. The Bertz CT molecular complexity index is 1370. The molecular weight excluding hydrogens is 533 g/mol. The Morgan fingerprint density at radius 3 is 2.40 bits per heavy atom. The highest BCUT2D eigenvalue weighted by Crippen LogP contribution is 2.44. The van der Waals surface area contributed by atoms with Crippen molar-refractivity contribution in [1.82, 2.24) is 19.9 Å². The van der Waals surface area contributed by atoms with E-state index in [9.17, 15) is 22.4 Å². The molecule has 0 unspecified atom stereocenters. The molecule has 1 aromatic carbocycles. The van der Waals surface area contributed by atoms with Crippen molar-refractivity contribution < 1.29 is 31.5 Å². The molecule has 4 heterocycles. The maximum Gasteiger partial charge on any atom is 0.282 e. The third-order valence-corrected chi connectivity index (χ3v) is 8.51. The van der Waals surface area contributed by atoms with Gasteiger partial charge in [0.25, 0.3) is 5.92 Å². The Kier molecular flexibility index (Phi) is 6.71. The van der Waals surface area contributed by atoms with Crippen LogP contribution in [-0.4, -0.2) is 63.9 Å². The van der Waals surface area contributed by atoms with Crippen molar-refractivity contribution in [2.24, 2.45) is 5.92 Å². The molecule has 1 amide bonds. The van der Waals surface area contributed by atoms with Crippen molar-refractivity contribution in [3.8, 4) is 0 Å². The average molecular weight is 564 g/mol. The predicted molar refractivity (Wildman–Crippen MR) is 137 cm³/mol. The van der Waals surface area contributed by atoms with Crippen LogP contribution in [0.4, 0.5) is 27.8 Å². The van der Waals surface area contributed by atoms with Crippen LogP contribution in [-0.2, 0) is 14.9 Å². The molecule has 7 nitrogen and oxygen atoms in total. The summed E-state index contributed by atoms with van der Waals surface area (Å²) in [4.78, 5) is 26.6. The number of H-pyrrole nitrogens is 1. The first-order chi connectivity index (χ1) is 19.1. The number of fused-ring (bicyclic) bond motifs is 1. The number of rotatable bonds is 6. The average Bonchev–Trinajstić information content (AvgIpc) is 3.36. The first kappa shape index (κ1) is 26.9. The highest BCUT2D eigenvalue weighted by Gasteiger charge is 2.54. The molecule has 0 spiro atoms. The van der Waals surface area contributed by atoms with Crippen LogP contribution in [0.3, 0.4) is 0 Å². The maximum absolute atomic E-state index is 16.3. The highest BCUT2D eigenvalue weighted by molar-refractivity contribution is 5.91. The minimum atomic E-state index is -2.94. The number of nitrogens with one attached hydrogen (secondary N) is 2. The largest absolute Gasteiger partial charge is 0.381 e. The van der Waals surface area contributed by atoms with Crippen LogP contribution in [0.1, 0.15) is 56.0 Å². The Hall–Kier alpha value is -3.28. The van der Waals surface area contributed by atoms with E-state index in [1.807, 2.05) is 0 Å². The number of alkyl halides is 4. The quantitative estimate of drug-likeness (QED) is 0.382. The summed E-state index contributed by atoms with van der Waals surface area (Å²) < 4.78 is 76.8. The van der Waals surface area contributed by atoms with Gasteiger partial charge in [0.1, 0.15) is 17.2 Å². The number of pyridine rings is 1. The van der Waals surface area contributed by atoms with E-state index >= 15 is 4.39 Å². The van der Waals surface area contributed by atoms with E-state index < -0.39 is 48.1 Å². The second-order valence-electron chi connectivity index (χ2n) is 11.2. The second kappa shape index (κ2) is 9.97. The van der Waals surface area contributed by atoms with Crippen LogP contribution in [0.2, 0.25) is 0 Å². The minimum Gasteiger partial charge on any atom is -0.381 e. The van der Waals surface area contributed by atoms with Gasteiger partial charge in [-0.15, -0.1) is 0 Å². The number of halogens is 5. The highest BCUT2D eigenvalue weighted by atomic mass is 19.3. The molecular formula is C28H30F5N5O2. The Labute approximate surface area is 227 Å². The summed E-state index contributed by atoms with van der Waals surface area (Å²) >= 11 is 0. The smallest absolute Gasteiger partial charge is 0.282 e. The van der Waals surface area contributed by atoms with Crippen molar-refractivity contribution >= 4 is 22.8 Å². The lowest BCUT2D eigenvalue weighted by atomic mass is 9.72. The lowest BCUT2D eigenvalue weighted by Gasteiger charge is -2.46. The first-order valence-corrected chi connectivity index (χ1v) is 13.6. The molecule has 2 N–H and O–H groups in total. The molecule has 6 rings (SSSR count). The van der Waals surface area contributed by atoms with Gasteiger partial charge in [-0.05, 0) is 49.8 Å². The normalized spacial score (nSPS) is 23.0. The number of nitrogens with zero attached hydrogens (tertiary/aromatic N) is 3. The molecule has 1 saturated carbocycles. The maximum atomic E-state index is 16.3. The van der Waals surface area contributed by atoms with Crippen molar-refractivity contribution in [3.05, 3.63) is 53.7 Å². The van der Waals surface area contributed by atoms with Crippen LogP contribution in [0.5, 0.6) is 0 Å². The Morgan fingerprint density at radius 2 is 1.75 bits per heavy atom. The number of hydrogen-bond donors (Lipinski definition) is 2. The van der Waals surface area contributed by atoms with E-state index in [4.69, 9.17) is 4.74 Å². The fourth-order valence-corrected chi connectivity index (χ4v) is 6.27. The van der Waals surface area contributed by atoms with Gasteiger partial charge in [0.05, 0.1) is 30.1 Å². The zero-order valence-corrected chi connectivity index (χ0v) is 21.7. The van der Waals surface area contributed by atoms with E-state index in [2.05, 4.69) is 20.3 Å². The number of imidazole rings is 1. The number of ether oxygens (including phenoxy) is 1. The molecule has 2 aliphatic heterocycles. The van der Waals surface area contributed by atoms with Crippen LogP contribution >= 0.6 is 0 Å². The lowest BCUT2D eigenvalue weighted by molar-refractivity contribution is -0.174. The Morgan fingerprint density at radius 1 is 1.02 bits per heavy atom. The summed E-state index contributed by atoms with van der Waals surface area (Å²) in [5.41, 5.74) is -0.843. The van der Waals surface area contributed by atoms with E-state index in [1.165, 1.54) is 6.07 Å². The van der Waals surface area contributed by atoms with Gasteiger partial charge >= 0.3 is 0 Å². The standard InChI is InChI=1S/C28H30F5N5O2/c29-21-18(26(10-13-40-14-11-26)25(39)38-15-28(32,33)16-38)4-5-19-23(21)37-24(35-19)22(36-20-3-1-2-12-34-20)17-6-8-27(30,31)9-7-17/h1-5,12,17,22H,6-11,13-16H2,(H,34,36)(H,35,37)/t22-/m0/s1. The topological polar surface area (TPSA) is 83.1 Å². The van der Waals surface area contributed by atoms with Crippen molar-refractivity contribution in [3.63, 3.8) is 0 Å². The van der Waals surface area contributed by atoms with Crippen LogP contribution in [0.25, 0.3) is 11.0 Å². The van der Waals surface area contributed by atoms with E-state index in [0.717, 1.165) is 4.90 Å². The monoisotopic (exact) mass is 563 g/mol. The van der Waals surface area contributed by atoms with E-state index in [0.29, 0.717) is 17.2 Å². The third-order valence-electron chi connectivity index (χ3n) is 8.51. The molecule has 12 heteroatoms. The Balaban J connectivity index is 1.37. The summed E-state index contributed by atoms with van der Waals surface area (Å²) in [6.07, 6.45) is 1.93. The number of aromatic nitrogens is 3. The molecule has 0 radical (unpaired) electrons. The number of benzene rings is 1. The number of anilines is 1. The van der Waals surface area contributed by atoms with Gasteiger partial charge in [-0.3, -0.25) is 4.79 Å². The molecule has 3 aromatic rings. The second-order valence-corrected chi connectivity index (χ2v) is 11.2. The zero-order chi connectivity index (χ0) is 28.1. The van der Waals surface area contributed by atoms with Gasteiger partial charge in [-0.1, -0.05) is 12.1 Å². The van der Waals surface area contributed by atoms with Crippen LogP contribution in [0.15, 0.2) is 36.5 Å².